The third-order valence-corrected chi connectivity index (χ3v) is 3.86. The van der Waals surface area contributed by atoms with Crippen molar-refractivity contribution >= 4 is 29.0 Å². The molecule has 0 aromatic heterocycles. The van der Waals surface area contributed by atoms with E-state index in [1.54, 1.807) is 4.90 Å². The summed E-state index contributed by atoms with van der Waals surface area (Å²) in [6.07, 6.45) is 0.320. The minimum atomic E-state index is -0.364. The number of nitrogens with zero attached hydrogens (tertiary/aromatic N) is 1. The predicted octanol–water partition coefficient (Wildman–Crippen LogP) is 3.49. The van der Waals surface area contributed by atoms with Gasteiger partial charge >= 0.3 is 6.03 Å². The zero-order valence-electron chi connectivity index (χ0n) is 13.2. The van der Waals surface area contributed by atoms with E-state index in [0.29, 0.717) is 13.0 Å². The van der Waals surface area contributed by atoms with E-state index in [0.717, 1.165) is 22.6 Å². The number of anilines is 3. The topological polar surface area (TPSA) is 61.4 Å². The van der Waals surface area contributed by atoms with Crippen molar-refractivity contribution in [1.29, 1.82) is 0 Å². The monoisotopic (exact) mass is 309 g/mol. The lowest BCUT2D eigenvalue weighted by Crippen LogP contribution is -2.49. The van der Waals surface area contributed by atoms with Crippen LogP contribution in [-0.4, -0.2) is 18.5 Å². The lowest BCUT2D eigenvalue weighted by molar-refractivity contribution is -0.120. The largest absolute Gasteiger partial charge is 0.355 e. The van der Waals surface area contributed by atoms with Crippen molar-refractivity contribution < 1.29 is 9.59 Å². The van der Waals surface area contributed by atoms with Crippen molar-refractivity contribution in [2.24, 2.45) is 0 Å². The Balaban J connectivity index is 1.87. The zero-order chi connectivity index (χ0) is 16.4. The summed E-state index contributed by atoms with van der Waals surface area (Å²) in [5.74, 6) is -0.224. The molecule has 3 rings (SSSR count). The number of carbonyl (C=O) groups is 2. The number of rotatable bonds is 3. The quantitative estimate of drug-likeness (QED) is 0.912. The highest BCUT2D eigenvalue weighted by molar-refractivity contribution is 6.06. The number of hydrogen-bond acceptors (Lipinski definition) is 3. The molecule has 0 radical (unpaired) electrons. The molecule has 2 aromatic carbocycles. The molecule has 0 bridgehead atoms. The minimum Gasteiger partial charge on any atom is -0.355 e. The van der Waals surface area contributed by atoms with Crippen molar-refractivity contribution in [1.82, 2.24) is 5.32 Å². The molecule has 0 saturated carbocycles. The first-order chi connectivity index (χ1) is 11.0. The van der Waals surface area contributed by atoms with Gasteiger partial charge < -0.3 is 5.32 Å². The summed E-state index contributed by atoms with van der Waals surface area (Å²) in [6, 6.07) is 13.6. The predicted molar refractivity (Wildman–Crippen MR) is 91.1 cm³/mol. The molecular formula is C18H19N3O2. The molecule has 0 atom stereocenters. The van der Waals surface area contributed by atoms with Gasteiger partial charge in [0.15, 0.2) is 0 Å². The van der Waals surface area contributed by atoms with Crippen molar-refractivity contribution in [2.75, 3.05) is 16.8 Å². The second kappa shape index (κ2) is 6.12. The van der Waals surface area contributed by atoms with Gasteiger partial charge in [0.1, 0.15) is 0 Å². The number of urea groups is 1. The van der Waals surface area contributed by atoms with Crippen LogP contribution in [0.25, 0.3) is 0 Å². The van der Waals surface area contributed by atoms with Gasteiger partial charge in [-0.15, -0.1) is 0 Å². The molecule has 5 nitrogen and oxygen atoms in total. The molecule has 1 aliphatic rings. The van der Waals surface area contributed by atoms with Crippen molar-refractivity contribution in [3.63, 3.8) is 0 Å². The van der Waals surface area contributed by atoms with Crippen LogP contribution in [0.15, 0.2) is 42.5 Å². The number of amides is 3. The number of hydrogen-bond donors (Lipinski definition) is 2. The highest BCUT2D eigenvalue weighted by Crippen LogP contribution is 2.27. The van der Waals surface area contributed by atoms with E-state index in [9.17, 15) is 9.59 Å². The lowest BCUT2D eigenvalue weighted by Gasteiger charge is -2.28. The summed E-state index contributed by atoms with van der Waals surface area (Å²) < 4.78 is 0. The SMILES string of the molecule is Cc1cccc(Nc2ccc(C)c(N3CCC(=O)NC3=O)c2)c1. The summed E-state index contributed by atoms with van der Waals surface area (Å²) in [6.45, 7) is 4.40. The first-order valence-electron chi connectivity index (χ1n) is 7.58. The van der Waals surface area contributed by atoms with Gasteiger partial charge in [0.2, 0.25) is 5.91 Å². The van der Waals surface area contributed by atoms with Crippen molar-refractivity contribution in [3.05, 3.63) is 53.6 Å². The number of carbonyl (C=O) groups excluding carboxylic acids is 2. The van der Waals surface area contributed by atoms with Gasteiger partial charge in [-0.05, 0) is 49.2 Å². The molecule has 1 saturated heterocycles. The Hall–Kier alpha value is -2.82. The van der Waals surface area contributed by atoms with E-state index < -0.39 is 0 Å². The molecule has 1 heterocycles. The molecule has 1 fully saturated rings. The van der Waals surface area contributed by atoms with Gasteiger partial charge in [-0.25, -0.2) is 4.79 Å². The highest BCUT2D eigenvalue weighted by Gasteiger charge is 2.25. The molecule has 5 heteroatoms. The normalized spacial score (nSPS) is 14.6. The van der Waals surface area contributed by atoms with Gasteiger partial charge in [-0.2, -0.15) is 0 Å². The molecule has 2 aromatic rings. The highest BCUT2D eigenvalue weighted by atomic mass is 16.2. The van der Waals surface area contributed by atoms with Gasteiger partial charge in [0, 0.05) is 24.3 Å². The van der Waals surface area contributed by atoms with Crippen LogP contribution in [0.2, 0.25) is 0 Å². The molecule has 118 valence electrons. The summed E-state index contributed by atoms with van der Waals surface area (Å²) >= 11 is 0. The van der Waals surface area contributed by atoms with Crippen molar-refractivity contribution in [2.45, 2.75) is 20.3 Å². The third kappa shape index (κ3) is 3.34. The zero-order valence-corrected chi connectivity index (χ0v) is 13.2. The molecular weight excluding hydrogens is 290 g/mol. The average Bonchev–Trinajstić information content (AvgIpc) is 2.50. The third-order valence-electron chi connectivity index (χ3n) is 3.86. The standard InChI is InChI=1S/C18H19N3O2/c1-12-4-3-5-14(10-12)19-15-7-6-13(2)16(11-15)21-9-8-17(22)20-18(21)23/h3-7,10-11,19H,8-9H2,1-2H3,(H,20,22,23). The van der Waals surface area contributed by atoms with Crippen LogP contribution in [0.5, 0.6) is 0 Å². The molecule has 0 spiro atoms. The maximum absolute atomic E-state index is 12.0. The summed E-state index contributed by atoms with van der Waals surface area (Å²) in [4.78, 5) is 25.0. The van der Waals surface area contributed by atoms with Gasteiger partial charge in [-0.1, -0.05) is 18.2 Å². The van der Waals surface area contributed by atoms with Crippen LogP contribution in [0.1, 0.15) is 17.5 Å². The molecule has 1 aliphatic heterocycles. The van der Waals surface area contributed by atoms with E-state index in [1.807, 2.05) is 50.2 Å². The first-order valence-corrected chi connectivity index (χ1v) is 7.58. The Labute approximate surface area is 135 Å². The van der Waals surface area contributed by atoms with E-state index >= 15 is 0 Å². The smallest absolute Gasteiger partial charge is 0.328 e. The Morgan fingerprint density at radius 1 is 1.04 bits per heavy atom. The maximum atomic E-state index is 12.0. The number of benzene rings is 2. The maximum Gasteiger partial charge on any atom is 0.328 e. The fraction of sp³-hybridized carbons (Fsp3) is 0.222. The van der Waals surface area contributed by atoms with Crippen LogP contribution in [0, 0.1) is 13.8 Å². The summed E-state index contributed by atoms with van der Waals surface area (Å²) in [5, 5.41) is 5.71. The molecule has 0 aliphatic carbocycles. The van der Waals surface area contributed by atoms with Crippen LogP contribution >= 0.6 is 0 Å². The Morgan fingerprint density at radius 3 is 2.57 bits per heavy atom. The Kier molecular flexibility index (Phi) is 4.02. The second-order valence-electron chi connectivity index (χ2n) is 5.75. The van der Waals surface area contributed by atoms with Gasteiger partial charge in [-0.3, -0.25) is 15.0 Å². The Morgan fingerprint density at radius 2 is 1.83 bits per heavy atom. The molecule has 2 N–H and O–H groups in total. The van der Waals surface area contributed by atoms with E-state index in [1.165, 1.54) is 5.56 Å². The van der Waals surface area contributed by atoms with Crippen LogP contribution in [-0.2, 0) is 4.79 Å². The first kappa shape index (κ1) is 15.1. The Bertz CT molecular complexity index is 771. The number of aryl methyl sites for hydroxylation is 2. The summed E-state index contributed by atoms with van der Waals surface area (Å²) in [7, 11) is 0. The summed E-state index contributed by atoms with van der Waals surface area (Å²) in [5.41, 5.74) is 4.88. The fourth-order valence-electron chi connectivity index (χ4n) is 2.66. The molecule has 3 amide bonds. The van der Waals surface area contributed by atoms with Gasteiger partial charge in [0.05, 0.1) is 5.69 Å². The van der Waals surface area contributed by atoms with Crippen molar-refractivity contribution in [3.8, 4) is 0 Å². The average molecular weight is 309 g/mol. The second-order valence-corrected chi connectivity index (χ2v) is 5.75. The van der Waals surface area contributed by atoms with Crippen LogP contribution < -0.4 is 15.5 Å². The fourth-order valence-corrected chi connectivity index (χ4v) is 2.66. The number of nitrogens with one attached hydrogen (secondary N) is 2. The molecule has 23 heavy (non-hydrogen) atoms. The van der Waals surface area contributed by atoms with Crippen LogP contribution in [0.4, 0.5) is 21.9 Å². The van der Waals surface area contributed by atoms with E-state index in [2.05, 4.69) is 16.7 Å². The van der Waals surface area contributed by atoms with E-state index in [4.69, 9.17) is 0 Å². The minimum absolute atomic E-state index is 0.224. The van der Waals surface area contributed by atoms with Gasteiger partial charge in [0.25, 0.3) is 0 Å². The van der Waals surface area contributed by atoms with E-state index in [-0.39, 0.29) is 11.9 Å². The van der Waals surface area contributed by atoms with Crippen LogP contribution in [0.3, 0.4) is 0 Å². The lowest BCUT2D eigenvalue weighted by atomic mass is 10.1. The number of imide groups is 1. The molecule has 0 unspecified atom stereocenters.